The summed E-state index contributed by atoms with van der Waals surface area (Å²) in [5.41, 5.74) is 0. The molecule has 2 saturated heterocycles. The van der Waals surface area contributed by atoms with Gasteiger partial charge in [0.25, 0.3) is 0 Å². The SMILES string of the molecule is O=C(C1CCCN(c2nccs2)C1)N1CCCC1Cn1cccn1. The van der Waals surface area contributed by atoms with Gasteiger partial charge >= 0.3 is 0 Å². The zero-order valence-electron chi connectivity index (χ0n) is 13.8. The number of carbonyl (C=O) groups excluding carboxylic acids is 1. The second-order valence-corrected chi connectivity index (χ2v) is 7.53. The minimum Gasteiger partial charge on any atom is -0.347 e. The van der Waals surface area contributed by atoms with Gasteiger partial charge in [0.1, 0.15) is 0 Å². The van der Waals surface area contributed by atoms with Gasteiger partial charge in [0.2, 0.25) is 5.91 Å². The summed E-state index contributed by atoms with van der Waals surface area (Å²) in [6.07, 6.45) is 9.85. The van der Waals surface area contributed by atoms with Crippen LogP contribution in [0.3, 0.4) is 0 Å². The minimum atomic E-state index is 0.0980. The molecule has 2 unspecified atom stereocenters. The highest BCUT2D eigenvalue weighted by molar-refractivity contribution is 7.13. The number of amides is 1. The van der Waals surface area contributed by atoms with E-state index in [1.165, 1.54) is 0 Å². The van der Waals surface area contributed by atoms with Crippen LogP contribution in [0.15, 0.2) is 30.0 Å². The van der Waals surface area contributed by atoms with Crippen molar-refractivity contribution in [2.45, 2.75) is 38.3 Å². The topological polar surface area (TPSA) is 54.3 Å². The summed E-state index contributed by atoms with van der Waals surface area (Å²) in [5, 5.41) is 7.34. The normalized spacial score (nSPS) is 24.5. The summed E-state index contributed by atoms with van der Waals surface area (Å²) in [5.74, 6) is 0.423. The zero-order chi connectivity index (χ0) is 16.4. The Hall–Kier alpha value is -1.89. The molecule has 2 aliphatic heterocycles. The average molecular weight is 345 g/mol. The van der Waals surface area contributed by atoms with Crippen LogP contribution in [0.5, 0.6) is 0 Å². The Balaban J connectivity index is 1.42. The van der Waals surface area contributed by atoms with Crippen LogP contribution in [-0.4, -0.2) is 51.2 Å². The molecular weight excluding hydrogens is 322 g/mol. The van der Waals surface area contributed by atoms with Gasteiger partial charge in [0.05, 0.1) is 18.5 Å². The van der Waals surface area contributed by atoms with E-state index in [9.17, 15) is 4.79 Å². The number of anilines is 1. The maximum Gasteiger partial charge on any atom is 0.227 e. The summed E-state index contributed by atoms with van der Waals surface area (Å²) < 4.78 is 1.94. The first-order chi connectivity index (χ1) is 11.8. The monoisotopic (exact) mass is 345 g/mol. The third-order valence-electron chi connectivity index (χ3n) is 5.08. The van der Waals surface area contributed by atoms with Crippen LogP contribution in [-0.2, 0) is 11.3 Å². The number of thiazole rings is 1. The van der Waals surface area contributed by atoms with Crippen LogP contribution < -0.4 is 4.90 Å². The van der Waals surface area contributed by atoms with E-state index < -0.39 is 0 Å². The summed E-state index contributed by atoms with van der Waals surface area (Å²) in [7, 11) is 0. The molecule has 2 aromatic heterocycles. The molecular formula is C17H23N5OS. The lowest BCUT2D eigenvalue weighted by Crippen LogP contribution is -2.47. The Bertz CT molecular complexity index is 657. The molecule has 2 atom stereocenters. The Morgan fingerprint density at radius 1 is 1.25 bits per heavy atom. The van der Waals surface area contributed by atoms with E-state index in [4.69, 9.17) is 0 Å². The fourth-order valence-corrected chi connectivity index (χ4v) is 4.58. The van der Waals surface area contributed by atoms with Gasteiger partial charge in [-0.15, -0.1) is 11.3 Å². The summed E-state index contributed by atoms with van der Waals surface area (Å²) in [6, 6.07) is 2.22. The van der Waals surface area contributed by atoms with E-state index >= 15 is 0 Å². The van der Waals surface area contributed by atoms with Gasteiger partial charge in [-0.25, -0.2) is 4.98 Å². The van der Waals surface area contributed by atoms with Crippen LogP contribution in [0.2, 0.25) is 0 Å². The lowest BCUT2D eigenvalue weighted by Gasteiger charge is -2.35. The van der Waals surface area contributed by atoms with E-state index in [-0.39, 0.29) is 12.0 Å². The van der Waals surface area contributed by atoms with Gasteiger partial charge in [-0.3, -0.25) is 9.48 Å². The van der Waals surface area contributed by atoms with Gasteiger partial charge in [-0.05, 0) is 31.7 Å². The van der Waals surface area contributed by atoms with E-state index in [0.29, 0.717) is 5.91 Å². The second-order valence-electron chi connectivity index (χ2n) is 6.66. The molecule has 0 bridgehead atoms. The van der Waals surface area contributed by atoms with Gasteiger partial charge in [-0.1, -0.05) is 0 Å². The van der Waals surface area contributed by atoms with Crippen LogP contribution in [0.1, 0.15) is 25.7 Å². The molecule has 0 aliphatic carbocycles. The number of hydrogen-bond acceptors (Lipinski definition) is 5. The smallest absolute Gasteiger partial charge is 0.227 e. The van der Waals surface area contributed by atoms with Crippen molar-refractivity contribution in [3.63, 3.8) is 0 Å². The van der Waals surface area contributed by atoms with Crippen LogP contribution >= 0.6 is 11.3 Å². The molecule has 4 rings (SSSR count). The largest absolute Gasteiger partial charge is 0.347 e. The van der Waals surface area contributed by atoms with E-state index in [2.05, 4.69) is 19.9 Å². The fourth-order valence-electron chi connectivity index (χ4n) is 3.90. The number of rotatable bonds is 4. The van der Waals surface area contributed by atoms with Crippen molar-refractivity contribution >= 4 is 22.4 Å². The molecule has 0 N–H and O–H groups in total. The molecule has 4 heterocycles. The Morgan fingerprint density at radius 3 is 2.96 bits per heavy atom. The molecule has 2 aromatic rings. The summed E-state index contributed by atoms with van der Waals surface area (Å²) in [6.45, 7) is 3.51. The van der Waals surface area contributed by atoms with Gasteiger partial charge < -0.3 is 9.80 Å². The van der Waals surface area contributed by atoms with Gasteiger partial charge in [0, 0.05) is 43.6 Å². The minimum absolute atomic E-state index is 0.0980. The van der Waals surface area contributed by atoms with E-state index in [1.54, 1.807) is 17.5 Å². The molecule has 0 saturated carbocycles. The first kappa shape index (κ1) is 15.6. The van der Waals surface area contributed by atoms with E-state index in [1.807, 2.05) is 28.5 Å². The molecule has 0 spiro atoms. The number of likely N-dealkylation sites (tertiary alicyclic amines) is 1. The highest BCUT2D eigenvalue weighted by Crippen LogP contribution is 2.28. The maximum atomic E-state index is 13.1. The van der Waals surface area contributed by atoms with Crippen molar-refractivity contribution in [2.75, 3.05) is 24.5 Å². The lowest BCUT2D eigenvalue weighted by molar-refractivity contribution is -0.136. The average Bonchev–Trinajstić information content (AvgIpc) is 3.37. The lowest BCUT2D eigenvalue weighted by atomic mass is 9.96. The van der Waals surface area contributed by atoms with Gasteiger partial charge in [0.15, 0.2) is 5.13 Å². The number of carbonyl (C=O) groups is 1. The van der Waals surface area contributed by atoms with Crippen LogP contribution in [0.25, 0.3) is 0 Å². The highest BCUT2D eigenvalue weighted by atomic mass is 32.1. The molecule has 128 valence electrons. The first-order valence-electron chi connectivity index (χ1n) is 8.73. The first-order valence-corrected chi connectivity index (χ1v) is 9.61. The summed E-state index contributed by atoms with van der Waals surface area (Å²) >= 11 is 1.66. The molecule has 6 nitrogen and oxygen atoms in total. The quantitative estimate of drug-likeness (QED) is 0.853. The molecule has 2 fully saturated rings. The van der Waals surface area contributed by atoms with E-state index in [0.717, 1.165) is 57.0 Å². The predicted octanol–water partition coefficient (Wildman–Crippen LogP) is 2.25. The van der Waals surface area contributed by atoms with Crippen LogP contribution in [0.4, 0.5) is 5.13 Å². The van der Waals surface area contributed by atoms with Crippen molar-refractivity contribution < 1.29 is 4.79 Å². The Kier molecular flexibility index (Phi) is 4.51. The maximum absolute atomic E-state index is 13.1. The third kappa shape index (κ3) is 3.17. The predicted molar refractivity (Wildman–Crippen MR) is 94.0 cm³/mol. The number of aromatic nitrogens is 3. The molecule has 2 aliphatic rings. The zero-order valence-corrected chi connectivity index (χ0v) is 14.6. The standard InChI is InChI=1S/C17H23N5OS/c23-16(14-4-1-8-20(12-14)17-18-7-11-24-17)22-10-2-5-15(22)13-21-9-3-6-19-21/h3,6-7,9,11,14-15H,1-2,4-5,8,10,12-13H2. The Labute approximate surface area is 146 Å². The number of hydrogen-bond donors (Lipinski definition) is 0. The molecule has 7 heteroatoms. The highest BCUT2D eigenvalue weighted by Gasteiger charge is 2.35. The van der Waals surface area contributed by atoms with Crippen molar-refractivity contribution in [1.82, 2.24) is 19.7 Å². The summed E-state index contributed by atoms with van der Waals surface area (Å²) in [4.78, 5) is 21.9. The third-order valence-corrected chi connectivity index (χ3v) is 5.91. The number of nitrogens with zero attached hydrogens (tertiary/aromatic N) is 5. The molecule has 24 heavy (non-hydrogen) atoms. The fraction of sp³-hybridized carbons (Fsp3) is 0.588. The Morgan fingerprint density at radius 2 is 2.17 bits per heavy atom. The molecule has 0 radical (unpaired) electrons. The molecule has 0 aromatic carbocycles. The van der Waals surface area contributed by atoms with Crippen molar-refractivity contribution in [3.8, 4) is 0 Å². The van der Waals surface area contributed by atoms with Crippen molar-refractivity contribution in [1.29, 1.82) is 0 Å². The van der Waals surface area contributed by atoms with Crippen LogP contribution in [0, 0.1) is 5.92 Å². The van der Waals surface area contributed by atoms with Crippen molar-refractivity contribution in [3.05, 3.63) is 30.0 Å². The molecule has 1 amide bonds. The van der Waals surface area contributed by atoms with Crippen molar-refractivity contribution in [2.24, 2.45) is 5.92 Å². The van der Waals surface area contributed by atoms with Gasteiger partial charge in [-0.2, -0.15) is 5.10 Å². The number of piperidine rings is 1. The second kappa shape index (κ2) is 6.93.